The highest BCUT2D eigenvalue weighted by atomic mass is 16.5. The Morgan fingerprint density at radius 3 is 1.25 bits per heavy atom. The third-order valence-corrected chi connectivity index (χ3v) is 4.01. The molecular formula is C18H34N2O4. The molecule has 0 rings (SSSR count). The maximum atomic E-state index is 11.7. The molecule has 2 atom stereocenters. The van der Waals surface area contributed by atoms with E-state index in [1.54, 1.807) is 0 Å². The predicted molar refractivity (Wildman–Crippen MR) is 95.7 cm³/mol. The SMILES string of the molecule is CC(C)C(COC(=O)/C=C/C(=O)OCC(C(C)C)N(C)C)N(C)C. The Morgan fingerprint density at radius 2 is 1.04 bits per heavy atom. The van der Waals surface area contributed by atoms with E-state index in [0.717, 1.165) is 12.2 Å². The molecule has 0 aromatic rings. The van der Waals surface area contributed by atoms with Gasteiger partial charge in [0.25, 0.3) is 0 Å². The molecule has 24 heavy (non-hydrogen) atoms. The van der Waals surface area contributed by atoms with E-state index in [-0.39, 0.29) is 12.1 Å². The van der Waals surface area contributed by atoms with Gasteiger partial charge in [0.2, 0.25) is 0 Å². The third kappa shape index (κ3) is 9.03. The van der Waals surface area contributed by atoms with Crippen molar-refractivity contribution in [3.8, 4) is 0 Å². The minimum Gasteiger partial charge on any atom is -0.461 e. The van der Waals surface area contributed by atoms with E-state index in [1.807, 2.05) is 38.0 Å². The lowest BCUT2D eigenvalue weighted by atomic mass is 10.0. The Morgan fingerprint density at radius 1 is 0.750 bits per heavy atom. The zero-order chi connectivity index (χ0) is 18.9. The second-order valence-corrected chi connectivity index (χ2v) is 7.14. The molecule has 0 N–H and O–H groups in total. The van der Waals surface area contributed by atoms with Crippen molar-refractivity contribution in [3.63, 3.8) is 0 Å². The largest absolute Gasteiger partial charge is 0.461 e. The fourth-order valence-corrected chi connectivity index (χ4v) is 2.44. The minimum absolute atomic E-state index is 0.140. The van der Waals surface area contributed by atoms with Crippen LogP contribution in [0.25, 0.3) is 0 Å². The molecule has 0 spiro atoms. The maximum absolute atomic E-state index is 11.7. The molecule has 0 amide bonds. The number of nitrogens with zero attached hydrogens (tertiary/aromatic N) is 2. The molecule has 0 aliphatic heterocycles. The number of hydrogen-bond acceptors (Lipinski definition) is 6. The highest BCUT2D eigenvalue weighted by Crippen LogP contribution is 2.09. The van der Waals surface area contributed by atoms with Gasteiger partial charge in [-0.05, 0) is 40.0 Å². The molecule has 0 bridgehead atoms. The average molecular weight is 342 g/mol. The van der Waals surface area contributed by atoms with Crippen molar-refractivity contribution in [2.24, 2.45) is 11.8 Å². The zero-order valence-corrected chi connectivity index (χ0v) is 16.4. The van der Waals surface area contributed by atoms with E-state index >= 15 is 0 Å². The lowest BCUT2D eigenvalue weighted by Crippen LogP contribution is -2.37. The highest BCUT2D eigenvalue weighted by molar-refractivity contribution is 5.91. The van der Waals surface area contributed by atoms with Crippen molar-refractivity contribution in [2.75, 3.05) is 41.4 Å². The standard InChI is InChI=1S/C18H34N2O4/c1-13(2)15(19(5)6)11-23-17(21)9-10-18(22)24-12-16(14(3)4)20(7)8/h9-10,13-16H,11-12H2,1-8H3/b10-9+. The van der Waals surface area contributed by atoms with Crippen LogP contribution in [0.15, 0.2) is 12.2 Å². The third-order valence-electron chi connectivity index (χ3n) is 4.01. The van der Waals surface area contributed by atoms with Gasteiger partial charge in [-0.25, -0.2) is 9.59 Å². The van der Waals surface area contributed by atoms with E-state index < -0.39 is 11.9 Å². The molecule has 2 unspecified atom stereocenters. The Balaban J connectivity index is 4.32. The van der Waals surface area contributed by atoms with Crippen LogP contribution >= 0.6 is 0 Å². The van der Waals surface area contributed by atoms with Gasteiger partial charge in [0.05, 0.1) is 0 Å². The number of carbonyl (C=O) groups excluding carboxylic acids is 2. The average Bonchev–Trinajstić information content (AvgIpc) is 2.43. The van der Waals surface area contributed by atoms with Crippen LogP contribution in [0.3, 0.4) is 0 Å². The van der Waals surface area contributed by atoms with Crippen molar-refractivity contribution < 1.29 is 19.1 Å². The van der Waals surface area contributed by atoms with E-state index in [1.165, 1.54) is 0 Å². The first kappa shape index (κ1) is 22.6. The van der Waals surface area contributed by atoms with Crippen LogP contribution in [0.5, 0.6) is 0 Å². The monoisotopic (exact) mass is 342 g/mol. The summed E-state index contributed by atoms with van der Waals surface area (Å²) < 4.78 is 10.4. The zero-order valence-electron chi connectivity index (χ0n) is 16.4. The van der Waals surface area contributed by atoms with E-state index in [4.69, 9.17) is 9.47 Å². The summed E-state index contributed by atoms with van der Waals surface area (Å²) in [6.45, 7) is 8.87. The van der Waals surface area contributed by atoms with Crippen LogP contribution in [0.4, 0.5) is 0 Å². The summed E-state index contributed by atoms with van der Waals surface area (Å²) in [7, 11) is 7.78. The predicted octanol–water partition coefficient (Wildman–Crippen LogP) is 1.80. The summed E-state index contributed by atoms with van der Waals surface area (Å²) in [6, 6.07) is 0.280. The summed E-state index contributed by atoms with van der Waals surface area (Å²) in [5, 5.41) is 0. The van der Waals surface area contributed by atoms with Gasteiger partial charge >= 0.3 is 11.9 Å². The molecule has 0 saturated heterocycles. The van der Waals surface area contributed by atoms with E-state index in [2.05, 4.69) is 27.7 Å². The van der Waals surface area contributed by atoms with Crippen molar-refractivity contribution in [1.82, 2.24) is 9.80 Å². The lowest BCUT2D eigenvalue weighted by Gasteiger charge is -2.27. The summed E-state index contributed by atoms with van der Waals surface area (Å²) >= 11 is 0. The Bertz CT molecular complexity index is 363. The number of ether oxygens (including phenoxy) is 2. The topological polar surface area (TPSA) is 59.1 Å². The maximum Gasteiger partial charge on any atom is 0.331 e. The molecule has 140 valence electrons. The first-order chi connectivity index (χ1) is 11.1. The summed E-state index contributed by atoms with van der Waals surface area (Å²) in [6.07, 6.45) is 2.24. The molecule has 0 aliphatic rings. The number of rotatable bonds is 10. The first-order valence-electron chi connectivity index (χ1n) is 8.40. The van der Waals surface area contributed by atoms with Gasteiger partial charge in [0.1, 0.15) is 13.2 Å². The minimum atomic E-state index is -0.535. The number of esters is 2. The Labute approximate surface area is 146 Å². The molecule has 0 aromatic heterocycles. The van der Waals surface area contributed by atoms with Crippen molar-refractivity contribution >= 4 is 11.9 Å². The summed E-state index contributed by atoms with van der Waals surface area (Å²) in [5.74, 6) is -0.346. The van der Waals surface area contributed by atoms with Crippen LogP contribution in [-0.2, 0) is 19.1 Å². The Kier molecular flexibility index (Phi) is 10.6. The fourth-order valence-electron chi connectivity index (χ4n) is 2.44. The van der Waals surface area contributed by atoms with Gasteiger partial charge in [-0.15, -0.1) is 0 Å². The molecule has 0 aromatic carbocycles. The first-order valence-corrected chi connectivity index (χ1v) is 8.40. The molecule has 6 heteroatoms. The fraction of sp³-hybridized carbons (Fsp3) is 0.778. The van der Waals surface area contributed by atoms with Crippen LogP contribution in [0.2, 0.25) is 0 Å². The van der Waals surface area contributed by atoms with Gasteiger partial charge in [-0.3, -0.25) is 0 Å². The second-order valence-electron chi connectivity index (χ2n) is 7.14. The van der Waals surface area contributed by atoms with Crippen molar-refractivity contribution in [3.05, 3.63) is 12.2 Å². The quantitative estimate of drug-likeness (QED) is 0.446. The lowest BCUT2D eigenvalue weighted by molar-refractivity contribution is -0.142. The van der Waals surface area contributed by atoms with Crippen LogP contribution in [0, 0.1) is 11.8 Å². The summed E-state index contributed by atoms with van der Waals surface area (Å²) in [5.41, 5.74) is 0. The molecular weight excluding hydrogens is 308 g/mol. The Hall–Kier alpha value is -1.40. The number of likely N-dealkylation sites (N-methyl/N-ethyl adjacent to an activating group) is 2. The van der Waals surface area contributed by atoms with Crippen LogP contribution in [0.1, 0.15) is 27.7 Å². The van der Waals surface area contributed by atoms with E-state index in [0.29, 0.717) is 25.0 Å². The number of hydrogen-bond donors (Lipinski definition) is 0. The molecule has 6 nitrogen and oxygen atoms in total. The van der Waals surface area contributed by atoms with Gasteiger partial charge in [-0.2, -0.15) is 0 Å². The smallest absolute Gasteiger partial charge is 0.331 e. The summed E-state index contributed by atoms with van der Waals surface area (Å²) in [4.78, 5) is 27.5. The van der Waals surface area contributed by atoms with Crippen molar-refractivity contribution in [1.29, 1.82) is 0 Å². The molecule has 0 saturated carbocycles. The van der Waals surface area contributed by atoms with Crippen LogP contribution < -0.4 is 0 Å². The molecule has 0 fully saturated rings. The van der Waals surface area contributed by atoms with Gasteiger partial charge in [0, 0.05) is 24.2 Å². The van der Waals surface area contributed by atoms with E-state index in [9.17, 15) is 9.59 Å². The highest BCUT2D eigenvalue weighted by Gasteiger charge is 2.18. The molecule has 0 heterocycles. The normalized spacial score (nSPS) is 14.7. The second kappa shape index (κ2) is 11.2. The molecule has 0 radical (unpaired) electrons. The van der Waals surface area contributed by atoms with Gasteiger partial charge < -0.3 is 19.3 Å². The van der Waals surface area contributed by atoms with Crippen LogP contribution in [-0.4, -0.2) is 75.2 Å². The van der Waals surface area contributed by atoms with Crippen molar-refractivity contribution in [2.45, 2.75) is 39.8 Å². The number of carbonyl (C=O) groups is 2. The van der Waals surface area contributed by atoms with Gasteiger partial charge in [-0.1, -0.05) is 27.7 Å². The van der Waals surface area contributed by atoms with Gasteiger partial charge in [0.15, 0.2) is 0 Å². The molecule has 0 aliphatic carbocycles.